The van der Waals surface area contributed by atoms with Gasteiger partial charge in [-0.2, -0.15) is 5.10 Å². The molecule has 1 N–H and O–H groups in total. The molecule has 0 saturated carbocycles. The lowest BCUT2D eigenvalue weighted by molar-refractivity contribution is 0.0594. The van der Waals surface area contributed by atoms with Gasteiger partial charge < -0.3 is 9.47 Å². The Hall–Kier alpha value is -2.01. The van der Waals surface area contributed by atoms with Gasteiger partial charge in [-0.25, -0.2) is 4.79 Å². The Balaban J connectivity index is 2.23. The summed E-state index contributed by atoms with van der Waals surface area (Å²) < 4.78 is 10.1. The highest BCUT2D eigenvalue weighted by atomic mass is 35.5. The first-order valence-electron chi connectivity index (χ1n) is 6.22. The van der Waals surface area contributed by atoms with Crippen LogP contribution < -0.4 is 4.74 Å². The number of carbonyl (C=O) groups excluding carboxylic acids is 1. The van der Waals surface area contributed by atoms with Crippen molar-refractivity contribution in [3.63, 3.8) is 0 Å². The second-order valence-corrected chi connectivity index (χ2v) is 4.56. The summed E-state index contributed by atoms with van der Waals surface area (Å²) in [6.07, 6.45) is 0.917. The number of ether oxygens (including phenoxy) is 2. The molecule has 0 unspecified atom stereocenters. The molecule has 5 nitrogen and oxygen atoms in total. The minimum atomic E-state index is -0.460. The zero-order valence-corrected chi connectivity index (χ0v) is 12.0. The average Bonchev–Trinajstić information content (AvgIpc) is 2.95. The molecular weight excluding hydrogens is 280 g/mol. The maximum absolute atomic E-state index is 11.4. The molecule has 1 aromatic carbocycles. The van der Waals surface area contributed by atoms with Crippen molar-refractivity contribution in [2.24, 2.45) is 0 Å². The topological polar surface area (TPSA) is 64.2 Å². The first-order valence-corrected chi connectivity index (χ1v) is 6.60. The lowest BCUT2D eigenvalue weighted by Gasteiger charge is -2.07. The van der Waals surface area contributed by atoms with Crippen LogP contribution in [0.15, 0.2) is 24.3 Å². The van der Waals surface area contributed by atoms with Crippen molar-refractivity contribution in [1.29, 1.82) is 0 Å². The minimum absolute atomic E-state index is 0.296. The Kier molecular flexibility index (Phi) is 4.63. The van der Waals surface area contributed by atoms with Crippen molar-refractivity contribution in [3.05, 3.63) is 35.0 Å². The van der Waals surface area contributed by atoms with Crippen molar-refractivity contribution in [2.45, 2.75) is 13.3 Å². The number of nitrogens with zero attached hydrogens (tertiary/aromatic N) is 1. The van der Waals surface area contributed by atoms with E-state index in [9.17, 15) is 4.79 Å². The molecule has 0 amide bonds. The van der Waals surface area contributed by atoms with E-state index < -0.39 is 5.97 Å². The van der Waals surface area contributed by atoms with Crippen LogP contribution in [0.4, 0.5) is 0 Å². The molecule has 0 spiro atoms. The van der Waals surface area contributed by atoms with Crippen LogP contribution in [0.1, 0.15) is 23.8 Å². The number of halogens is 1. The lowest BCUT2D eigenvalue weighted by Crippen LogP contribution is -2.00. The lowest BCUT2D eigenvalue weighted by atomic mass is 10.1. The zero-order valence-electron chi connectivity index (χ0n) is 11.3. The molecule has 0 radical (unpaired) electrons. The predicted octanol–water partition coefficient (Wildman–Crippen LogP) is 3.31. The number of methoxy groups -OCH3 is 1. The highest BCUT2D eigenvalue weighted by molar-refractivity contribution is 6.32. The molecule has 1 heterocycles. The molecule has 0 fully saturated rings. The monoisotopic (exact) mass is 294 g/mol. The summed E-state index contributed by atoms with van der Waals surface area (Å²) >= 11 is 6.16. The molecule has 0 bridgehead atoms. The quantitative estimate of drug-likeness (QED) is 0.859. The third-order valence-electron chi connectivity index (χ3n) is 2.67. The van der Waals surface area contributed by atoms with Crippen LogP contribution in [0, 0.1) is 0 Å². The summed E-state index contributed by atoms with van der Waals surface area (Å²) in [5, 5.41) is 7.20. The van der Waals surface area contributed by atoms with E-state index in [2.05, 4.69) is 14.9 Å². The van der Waals surface area contributed by atoms with Gasteiger partial charge >= 0.3 is 5.97 Å². The number of carbonyl (C=O) groups is 1. The number of benzene rings is 1. The molecule has 0 atom stereocenters. The van der Waals surface area contributed by atoms with Crippen molar-refractivity contribution < 1.29 is 14.3 Å². The fourth-order valence-corrected chi connectivity index (χ4v) is 1.91. The molecule has 0 aliphatic heterocycles. The van der Waals surface area contributed by atoms with Crippen molar-refractivity contribution in [1.82, 2.24) is 10.2 Å². The Morgan fingerprint density at radius 3 is 2.85 bits per heavy atom. The van der Waals surface area contributed by atoms with Gasteiger partial charge in [0.25, 0.3) is 0 Å². The summed E-state index contributed by atoms with van der Waals surface area (Å²) in [6, 6.07) is 7.00. The first-order chi connectivity index (χ1) is 9.65. The normalized spacial score (nSPS) is 10.3. The van der Waals surface area contributed by atoms with E-state index in [0.717, 1.165) is 12.0 Å². The number of esters is 1. The highest BCUT2D eigenvalue weighted by Crippen LogP contribution is 2.30. The van der Waals surface area contributed by atoms with E-state index in [1.54, 1.807) is 18.2 Å². The Bertz CT molecular complexity index is 610. The van der Waals surface area contributed by atoms with E-state index in [1.807, 2.05) is 13.0 Å². The zero-order chi connectivity index (χ0) is 14.5. The number of aromatic nitrogens is 2. The van der Waals surface area contributed by atoms with E-state index in [0.29, 0.717) is 28.8 Å². The van der Waals surface area contributed by atoms with Crippen LogP contribution >= 0.6 is 11.6 Å². The summed E-state index contributed by atoms with van der Waals surface area (Å²) in [4.78, 5) is 11.4. The molecule has 2 aromatic rings. The molecule has 6 heteroatoms. The van der Waals surface area contributed by atoms with Gasteiger partial charge in [0.15, 0.2) is 0 Å². The number of nitrogens with one attached hydrogen (secondary N) is 1. The standard InChI is InChI=1S/C14H15ClN2O3/c1-3-6-20-13-5-4-9(7-10(13)15)11-8-12(17-16-11)14(18)19-2/h4-5,7-8H,3,6H2,1-2H3,(H,16,17). The molecule has 2 rings (SSSR count). The second-order valence-electron chi connectivity index (χ2n) is 4.15. The molecule has 1 aromatic heterocycles. The maximum Gasteiger partial charge on any atom is 0.356 e. The van der Waals surface area contributed by atoms with Crippen LogP contribution in [0.3, 0.4) is 0 Å². The number of H-pyrrole nitrogens is 1. The van der Waals surface area contributed by atoms with Gasteiger partial charge in [0, 0.05) is 5.56 Å². The van der Waals surface area contributed by atoms with Gasteiger partial charge in [0.2, 0.25) is 0 Å². The molecule has 20 heavy (non-hydrogen) atoms. The minimum Gasteiger partial charge on any atom is -0.492 e. The summed E-state index contributed by atoms with van der Waals surface area (Å²) in [5.41, 5.74) is 1.71. The highest BCUT2D eigenvalue weighted by Gasteiger charge is 2.12. The van der Waals surface area contributed by atoms with Crippen LogP contribution in [0.5, 0.6) is 5.75 Å². The fraction of sp³-hybridized carbons (Fsp3) is 0.286. The number of rotatable bonds is 5. The van der Waals surface area contributed by atoms with E-state index in [1.165, 1.54) is 7.11 Å². The van der Waals surface area contributed by atoms with Crippen molar-refractivity contribution in [3.8, 4) is 17.0 Å². The number of hydrogen-bond donors (Lipinski definition) is 1. The van der Waals surface area contributed by atoms with Gasteiger partial charge in [0.1, 0.15) is 11.4 Å². The molecule has 106 valence electrons. The average molecular weight is 295 g/mol. The molecule has 0 saturated heterocycles. The third kappa shape index (κ3) is 3.11. The molecular formula is C14H15ClN2O3. The van der Waals surface area contributed by atoms with Gasteiger partial charge in [-0.05, 0) is 30.7 Å². The molecule has 0 aliphatic carbocycles. The summed E-state index contributed by atoms with van der Waals surface area (Å²) in [6.45, 7) is 2.65. The number of aromatic amines is 1. The Morgan fingerprint density at radius 2 is 2.20 bits per heavy atom. The Labute approximate surface area is 121 Å². The van der Waals surface area contributed by atoms with E-state index in [4.69, 9.17) is 16.3 Å². The van der Waals surface area contributed by atoms with Gasteiger partial charge in [-0.3, -0.25) is 5.10 Å². The summed E-state index contributed by atoms with van der Waals surface area (Å²) in [5.74, 6) is 0.179. The predicted molar refractivity (Wildman–Crippen MR) is 76.2 cm³/mol. The third-order valence-corrected chi connectivity index (χ3v) is 2.97. The van der Waals surface area contributed by atoms with Gasteiger partial charge in [0.05, 0.1) is 24.4 Å². The van der Waals surface area contributed by atoms with Crippen LogP contribution in [0.25, 0.3) is 11.3 Å². The number of hydrogen-bond acceptors (Lipinski definition) is 4. The SMILES string of the molecule is CCCOc1ccc(-c2cc(C(=O)OC)[nH]n2)cc1Cl. The first kappa shape index (κ1) is 14.4. The maximum atomic E-state index is 11.4. The van der Waals surface area contributed by atoms with Crippen LogP contribution in [-0.2, 0) is 4.74 Å². The van der Waals surface area contributed by atoms with Gasteiger partial charge in [-0.15, -0.1) is 0 Å². The van der Waals surface area contributed by atoms with Crippen LogP contribution in [-0.4, -0.2) is 29.9 Å². The Morgan fingerprint density at radius 1 is 1.40 bits per heavy atom. The summed E-state index contributed by atoms with van der Waals surface area (Å²) in [7, 11) is 1.32. The van der Waals surface area contributed by atoms with Crippen molar-refractivity contribution >= 4 is 17.6 Å². The fourth-order valence-electron chi connectivity index (χ4n) is 1.67. The van der Waals surface area contributed by atoms with E-state index in [-0.39, 0.29) is 0 Å². The second kappa shape index (κ2) is 6.43. The largest absolute Gasteiger partial charge is 0.492 e. The van der Waals surface area contributed by atoms with E-state index >= 15 is 0 Å². The van der Waals surface area contributed by atoms with Crippen molar-refractivity contribution in [2.75, 3.05) is 13.7 Å². The van der Waals surface area contributed by atoms with Gasteiger partial charge in [-0.1, -0.05) is 18.5 Å². The molecule has 0 aliphatic rings. The smallest absolute Gasteiger partial charge is 0.356 e. The van der Waals surface area contributed by atoms with Crippen LogP contribution in [0.2, 0.25) is 5.02 Å².